The molecular weight excluding hydrogens is 583 g/mol. The largest absolute Gasteiger partial charge is 0.444 e. The number of aromatic nitrogens is 4. The first-order chi connectivity index (χ1) is 22.8. The van der Waals surface area contributed by atoms with Gasteiger partial charge in [0.15, 0.2) is 19.5 Å². The van der Waals surface area contributed by atoms with E-state index in [1.54, 1.807) is 0 Å². The number of pyridine rings is 1. The van der Waals surface area contributed by atoms with E-state index < -0.39 is 8.07 Å². The van der Waals surface area contributed by atoms with Gasteiger partial charge in [-0.1, -0.05) is 78.9 Å². The molecule has 1 atom stereocenters. The normalized spacial score (nSPS) is 18.4. The van der Waals surface area contributed by atoms with Crippen molar-refractivity contribution in [3.8, 4) is 39.6 Å². The van der Waals surface area contributed by atoms with Crippen molar-refractivity contribution in [1.82, 2.24) is 14.3 Å². The molecule has 0 bridgehead atoms. The van der Waals surface area contributed by atoms with E-state index in [1.165, 1.54) is 54.0 Å². The Kier molecular flexibility index (Phi) is 3.43. The molecule has 7 heteroatoms. The van der Waals surface area contributed by atoms with Crippen LogP contribution in [0.1, 0.15) is 0 Å². The quantitative estimate of drug-likeness (QED) is 0.146. The third kappa shape index (κ3) is 2.00. The smallest absolute Gasteiger partial charge is 0.317 e. The van der Waals surface area contributed by atoms with Crippen LogP contribution in [-0.4, -0.2) is 17.6 Å². The highest BCUT2D eigenvalue weighted by molar-refractivity contribution is 7.23. The first kappa shape index (κ1) is 22.6. The minimum absolute atomic E-state index is 0.337. The number of benzene rings is 5. The Hall–Kier alpha value is -5.89. The van der Waals surface area contributed by atoms with Crippen LogP contribution >= 0.6 is 0 Å². The number of hydrogen-bond acceptors (Lipinski definition) is 2. The first-order valence-corrected chi connectivity index (χ1v) is 17.8. The van der Waals surface area contributed by atoms with Gasteiger partial charge in [-0.15, -0.1) is 4.98 Å². The second kappa shape index (κ2) is 6.99. The second-order valence-electron chi connectivity index (χ2n) is 12.9. The summed E-state index contributed by atoms with van der Waals surface area (Å²) < 4.78 is 14.6. The number of para-hydroxylation sites is 2. The lowest BCUT2D eigenvalue weighted by Gasteiger charge is -2.39. The van der Waals surface area contributed by atoms with E-state index in [-0.39, 0.29) is 0 Å². The number of rotatable bonds is 0. The molecule has 3 aromatic heterocycles. The summed E-state index contributed by atoms with van der Waals surface area (Å²) in [5.74, 6) is 1.76. The highest BCUT2D eigenvalue weighted by atomic mass is 28.3. The molecule has 210 valence electrons. The summed E-state index contributed by atoms with van der Waals surface area (Å²) in [5, 5.41) is 8.19. The van der Waals surface area contributed by atoms with Crippen LogP contribution in [0.15, 0.2) is 134 Å². The van der Waals surface area contributed by atoms with E-state index in [0.717, 1.165) is 39.6 Å². The summed E-state index contributed by atoms with van der Waals surface area (Å²) in [5.41, 5.74) is 11.0. The van der Waals surface area contributed by atoms with Crippen molar-refractivity contribution >= 4 is 62.1 Å². The van der Waals surface area contributed by atoms with Gasteiger partial charge in [0.05, 0.1) is 5.39 Å². The monoisotopic (exact) mass is 604 g/mol. The standard InChI is InChI=1S/C39H22N5OSi/c1-3-15-31-23(9-1)24-10-2-4-16-32(24)46(31)33-17-8-11-25-27-21-40-22-42-39(27)43(35(25)33)36-34(46)19-18-30-38(36)44(42)37-26(12-7-14-29(37)45-30)28-13-5-6-20-41(28)44/h1-22H/q+3. The summed E-state index contributed by atoms with van der Waals surface area (Å²) in [6, 6.07) is 42.9. The molecule has 13 rings (SSSR count). The van der Waals surface area contributed by atoms with E-state index in [4.69, 9.17) is 9.72 Å². The number of fused-ring (bicyclic) bond motifs is 10. The summed E-state index contributed by atoms with van der Waals surface area (Å²) in [6.45, 7) is 0. The van der Waals surface area contributed by atoms with Crippen molar-refractivity contribution in [3.63, 3.8) is 0 Å². The Bertz CT molecular complexity index is 2750. The Labute approximate surface area is 263 Å². The van der Waals surface area contributed by atoms with Crippen LogP contribution in [0, 0.1) is 0 Å². The molecule has 2 spiro atoms. The minimum atomic E-state index is -2.78. The fourth-order valence-electron chi connectivity index (χ4n) is 9.89. The molecule has 5 aromatic carbocycles. The molecule has 0 fully saturated rings. The van der Waals surface area contributed by atoms with E-state index in [9.17, 15) is 0 Å². The molecule has 5 aliphatic rings. The maximum atomic E-state index is 6.95. The Morgan fingerprint density at radius 2 is 1.35 bits per heavy atom. The fourth-order valence-corrected chi connectivity index (χ4v) is 15.4. The minimum Gasteiger partial charge on any atom is -0.444 e. The van der Waals surface area contributed by atoms with Crippen LogP contribution in [0.25, 0.3) is 50.0 Å². The molecule has 0 radical (unpaired) electrons. The van der Waals surface area contributed by atoms with Gasteiger partial charge in [-0.3, -0.25) is 0 Å². The lowest BCUT2D eigenvalue weighted by atomic mass is 10.1. The van der Waals surface area contributed by atoms with Gasteiger partial charge in [0.25, 0.3) is 17.7 Å². The van der Waals surface area contributed by atoms with E-state index >= 15 is 0 Å². The van der Waals surface area contributed by atoms with Gasteiger partial charge in [-0.05, 0) is 51.0 Å². The third-order valence-electron chi connectivity index (χ3n) is 11.3. The molecule has 8 heterocycles. The fraction of sp³-hybridized carbons (Fsp3) is 0. The van der Waals surface area contributed by atoms with Crippen molar-refractivity contribution in [2.45, 2.75) is 0 Å². The molecule has 0 amide bonds. The van der Waals surface area contributed by atoms with Crippen molar-refractivity contribution in [2.24, 2.45) is 0 Å². The topological polar surface area (TPSA) is 34.8 Å². The summed E-state index contributed by atoms with van der Waals surface area (Å²) in [7, 11) is -2.78. The van der Waals surface area contributed by atoms with Gasteiger partial charge in [0.2, 0.25) is 11.9 Å². The van der Waals surface area contributed by atoms with Crippen LogP contribution in [0.5, 0.6) is 11.5 Å². The number of quaternary nitrogens is 1. The average molecular weight is 605 g/mol. The van der Waals surface area contributed by atoms with E-state index in [2.05, 4.69) is 142 Å². The Morgan fingerprint density at radius 1 is 0.609 bits per heavy atom. The molecule has 0 N–H and O–H groups in total. The van der Waals surface area contributed by atoms with E-state index in [0.29, 0.717) is 4.70 Å². The van der Waals surface area contributed by atoms with Crippen molar-refractivity contribution in [2.75, 3.05) is 0 Å². The zero-order valence-electron chi connectivity index (χ0n) is 24.3. The summed E-state index contributed by atoms with van der Waals surface area (Å²) >= 11 is 0. The summed E-state index contributed by atoms with van der Waals surface area (Å²) in [6.07, 6.45) is 6.31. The molecule has 0 saturated heterocycles. The Morgan fingerprint density at radius 3 is 2.22 bits per heavy atom. The molecule has 46 heavy (non-hydrogen) atoms. The van der Waals surface area contributed by atoms with Crippen LogP contribution in [-0.2, 0) is 0 Å². The van der Waals surface area contributed by atoms with Crippen molar-refractivity contribution in [3.05, 3.63) is 134 Å². The molecule has 0 aliphatic carbocycles. The highest BCUT2D eigenvalue weighted by Crippen LogP contribution is 2.59. The zero-order valence-corrected chi connectivity index (χ0v) is 25.3. The van der Waals surface area contributed by atoms with Crippen molar-refractivity contribution < 1.29 is 14.1 Å². The molecule has 0 saturated carbocycles. The number of ether oxygens (including phenoxy) is 1. The first-order valence-electron chi connectivity index (χ1n) is 15.8. The summed E-state index contributed by atoms with van der Waals surface area (Å²) in [4.78, 5) is 4.97. The highest BCUT2D eigenvalue weighted by Gasteiger charge is 2.70. The molecule has 8 aromatic rings. The predicted molar refractivity (Wildman–Crippen MR) is 179 cm³/mol. The van der Waals surface area contributed by atoms with Gasteiger partial charge >= 0.3 is 11.3 Å². The third-order valence-corrected chi connectivity index (χ3v) is 16.2. The second-order valence-corrected chi connectivity index (χ2v) is 16.6. The van der Waals surface area contributed by atoms with Crippen molar-refractivity contribution in [1.29, 1.82) is 0 Å². The van der Waals surface area contributed by atoms with Gasteiger partial charge < -0.3 is 4.74 Å². The lowest BCUT2D eigenvalue weighted by Crippen LogP contribution is -2.85. The average Bonchev–Trinajstić information content (AvgIpc) is 3.72. The Balaban J connectivity index is 1.37. The van der Waals surface area contributed by atoms with Crippen LogP contribution in [0.3, 0.4) is 0 Å². The molecule has 6 nitrogen and oxygen atoms in total. The SMILES string of the molecule is c1ccc2c(c1)-c1ccccc1[Si]21c2ccc3c4c2-n2c5c1cccc5c1cnc[n+](c12)[N+]41c2c(cccc2-c2cccc[n+]21)O3. The lowest BCUT2D eigenvalue weighted by molar-refractivity contribution is -1.02. The van der Waals surface area contributed by atoms with Crippen LogP contribution in [0.2, 0.25) is 0 Å². The van der Waals surface area contributed by atoms with Crippen LogP contribution < -0.4 is 39.5 Å². The maximum absolute atomic E-state index is 6.95. The predicted octanol–water partition coefficient (Wildman–Crippen LogP) is 4.39. The molecular formula is C39H22N5OSi+3. The van der Waals surface area contributed by atoms with Gasteiger partial charge in [0.1, 0.15) is 22.0 Å². The molecule has 5 aliphatic heterocycles. The van der Waals surface area contributed by atoms with Gasteiger partial charge in [-0.25, -0.2) is 4.57 Å². The number of nitrogens with zero attached hydrogens (tertiary/aromatic N) is 5. The maximum Gasteiger partial charge on any atom is 0.317 e. The van der Waals surface area contributed by atoms with E-state index in [1.807, 2.05) is 6.33 Å². The van der Waals surface area contributed by atoms with Gasteiger partial charge in [0, 0.05) is 32.1 Å². The van der Waals surface area contributed by atoms with Crippen LogP contribution in [0.4, 0.5) is 11.4 Å². The zero-order chi connectivity index (χ0) is 29.5. The number of hydrogen-bond donors (Lipinski definition) is 0. The molecule has 1 unspecified atom stereocenters. The van der Waals surface area contributed by atoms with Gasteiger partial charge in [-0.2, -0.15) is 0 Å².